The first-order valence-electron chi connectivity index (χ1n) is 10.3. The van der Waals surface area contributed by atoms with E-state index in [1.54, 1.807) is 4.90 Å². The summed E-state index contributed by atoms with van der Waals surface area (Å²) in [5.41, 5.74) is 5.13. The number of likely N-dealkylation sites (tertiary alicyclic amines) is 1. The van der Waals surface area contributed by atoms with Crippen LogP contribution in [0.5, 0.6) is 0 Å². The molecule has 1 unspecified atom stereocenters. The molecule has 1 saturated carbocycles. The number of hydrogen-bond donors (Lipinski definition) is 2. The molecular weight excluding hydrogens is 380 g/mol. The number of carbonyl (C=O) groups excluding carboxylic acids is 3. The highest BCUT2D eigenvalue weighted by Gasteiger charge is 2.54. The summed E-state index contributed by atoms with van der Waals surface area (Å²) < 4.78 is 0. The van der Waals surface area contributed by atoms with Gasteiger partial charge < -0.3 is 16.0 Å². The Labute approximate surface area is 174 Å². The molecule has 2 saturated heterocycles. The Morgan fingerprint density at radius 3 is 2.43 bits per heavy atom. The maximum Gasteiger partial charge on any atom is 0.325 e. The summed E-state index contributed by atoms with van der Waals surface area (Å²) >= 11 is 0. The Kier molecular flexibility index (Phi) is 7.03. The number of urea groups is 1. The van der Waals surface area contributed by atoms with Crippen LogP contribution in [0.1, 0.15) is 59.3 Å². The molecule has 8 heteroatoms. The largest absolute Gasteiger partial charge is 0.341 e. The van der Waals surface area contributed by atoms with Gasteiger partial charge in [-0.1, -0.05) is 27.2 Å². The lowest BCUT2D eigenvalue weighted by atomic mass is 9.65. The van der Waals surface area contributed by atoms with Crippen LogP contribution in [0.25, 0.3) is 0 Å². The summed E-state index contributed by atoms with van der Waals surface area (Å²) in [4.78, 5) is 40.9. The third kappa shape index (κ3) is 4.15. The molecule has 160 valence electrons. The summed E-state index contributed by atoms with van der Waals surface area (Å²) in [6, 6.07) is -0.420. The smallest absolute Gasteiger partial charge is 0.325 e. The predicted octanol–water partition coefficient (Wildman–Crippen LogP) is 2.13. The van der Waals surface area contributed by atoms with Gasteiger partial charge in [-0.3, -0.25) is 14.5 Å². The molecule has 2 aliphatic heterocycles. The maximum absolute atomic E-state index is 13.0. The Bertz CT molecular complexity index is 617. The van der Waals surface area contributed by atoms with Gasteiger partial charge in [-0.25, -0.2) is 4.79 Å². The molecule has 28 heavy (non-hydrogen) atoms. The fourth-order valence-electron chi connectivity index (χ4n) is 4.83. The van der Waals surface area contributed by atoms with Crippen molar-refractivity contribution in [2.45, 2.75) is 64.8 Å². The quantitative estimate of drug-likeness (QED) is 0.673. The summed E-state index contributed by atoms with van der Waals surface area (Å²) in [5.74, 6) is 0.502. The Balaban J connectivity index is 0.00000280. The summed E-state index contributed by atoms with van der Waals surface area (Å²) in [5, 5.41) is 2.92. The second-order valence-electron chi connectivity index (χ2n) is 9.25. The van der Waals surface area contributed by atoms with E-state index in [4.69, 9.17) is 5.73 Å². The molecule has 2 heterocycles. The molecule has 3 fully saturated rings. The van der Waals surface area contributed by atoms with Crippen LogP contribution >= 0.6 is 12.4 Å². The van der Waals surface area contributed by atoms with E-state index in [9.17, 15) is 14.4 Å². The lowest BCUT2D eigenvalue weighted by molar-refractivity contribution is -0.139. The highest BCUT2D eigenvalue weighted by molar-refractivity contribution is 6.09. The molecular formula is C20H35ClN4O3. The van der Waals surface area contributed by atoms with Crippen molar-refractivity contribution in [2.24, 2.45) is 23.0 Å². The molecule has 3 rings (SSSR count). The van der Waals surface area contributed by atoms with Crippen molar-refractivity contribution in [3.8, 4) is 0 Å². The van der Waals surface area contributed by atoms with Crippen molar-refractivity contribution in [1.82, 2.24) is 15.1 Å². The average molecular weight is 415 g/mol. The minimum absolute atomic E-state index is 0. The molecule has 0 aromatic rings. The zero-order chi connectivity index (χ0) is 19.8. The van der Waals surface area contributed by atoms with Crippen molar-refractivity contribution < 1.29 is 14.4 Å². The topological polar surface area (TPSA) is 95.7 Å². The number of imide groups is 1. The molecule has 4 amide bonds. The molecule has 1 aliphatic carbocycles. The molecule has 3 aliphatic rings. The van der Waals surface area contributed by atoms with Crippen LogP contribution in [0, 0.1) is 17.3 Å². The van der Waals surface area contributed by atoms with Gasteiger partial charge in [0, 0.05) is 13.1 Å². The molecule has 7 nitrogen and oxygen atoms in total. The standard InChI is InChI=1S/C20H34N4O3.ClH/c1-4-19(2,3)15-5-8-20(9-6-15)17(26)24(18(27)22-20)13-16(25)23-10-7-14(11-21)12-23;/h14-15H,4-13,21H2,1-3H3,(H,22,27);1H. The van der Waals surface area contributed by atoms with E-state index in [0.717, 1.165) is 30.6 Å². The number of carbonyl (C=O) groups is 3. The maximum atomic E-state index is 13.0. The third-order valence-corrected chi connectivity index (χ3v) is 7.37. The fourth-order valence-corrected chi connectivity index (χ4v) is 4.83. The van der Waals surface area contributed by atoms with Crippen molar-refractivity contribution >= 4 is 30.3 Å². The monoisotopic (exact) mass is 414 g/mol. The van der Waals surface area contributed by atoms with Crippen molar-refractivity contribution in [1.29, 1.82) is 0 Å². The molecule has 0 bridgehead atoms. The van der Waals surface area contributed by atoms with Crippen LogP contribution in [0.3, 0.4) is 0 Å². The number of hydrogen-bond acceptors (Lipinski definition) is 4. The lowest BCUT2D eigenvalue weighted by Gasteiger charge is -2.42. The third-order valence-electron chi connectivity index (χ3n) is 7.37. The SMILES string of the molecule is CCC(C)(C)C1CCC2(CC1)NC(=O)N(CC(=O)N1CCC(CN)C1)C2=O.Cl. The first-order valence-corrected chi connectivity index (χ1v) is 10.3. The lowest BCUT2D eigenvalue weighted by Crippen LogP contribution is -2.51. The van der Waals surface area contributed by atoms with E-state index < -0.39 is 11.6 Å². The van der Waals surface area contributed by atoms with Crippen LogP contribution in [-0.4, -0.2) is 59.4 Å². The Hall–Kier alpha value is -1.34. The van der Waals surface area contributed by atoms with Crippen molar-refractivity contribution in [3.63, 3.8) is 0 Å². The molecule has 1 atom stereocenters. The van der Waals surface area contributed by atoms with Crippen molar-refractivity contribution in [2.75, 3.05) is 26.2 Å². The average Bonchev–Trinajstić information content (AvgIpc) is 3.22. The molecule has 0 aromatic carbocycles. The van der Waals surface area contributed by atoms with Crippen LogP contribution in [0.15, 0.2) is 0 Å². The first kappa shape index (κ1) is 22.9. The van der Waals surface area contributed by atoms with Crippen LogP contribution in [0.4, 0.5) is 4.79 Å². The molecule has 1 spiro atoms. The van der Waals surface area contributed by atoms with E-state index in [1.807, 2.05) is 0 Å². The van der Waals surface area contributed by atoms with Gasteiger partial charge in [0.2, 0.25) is 5.91 Å². The second-order valence-corrected chi connectivity index (χ2v) is 9.25. The van der Waals surface area contributed by atoms with Crippen LogP contribution in [0.2, 0.25) is 0 Å². The highest BCUT2D eigenvalue weighted by Crippen LogP contribution is 2.45. The zero-order valence-corrected chi connectivity index (χ0v) is 18.1. The highest BCUT2D eigenvalue weighted by atomic mass is 35.5. The Morgan fingerprint density at radius 2 is 1.89 bits per heavy atom. The van der Waals surface area contributed by atoms with E-state index in [1.165, 1.54) is 0 Å². The summed E-state index contributed by atoms with van der Waals surface area (Å²) in [7, 11) is 0. The minimum Gasteiger partial charge on any atom is -0.341 e. The number of amides is 4. The number of rotatable bonds is 5. The number of nitrogens with two attached hydrogens (primary N) is 1. The van der Waals surface area contributed by atoms with E-state index in [2.05, 4.69) is 26.1 Å². The van der Waals surface area contributed by atoms with Crippen molar-refractivity contribution in [3.05, 3.63) is 0 Å². The normalized spacial score (nSPS) is 30.6. The van der Waals surface area contributed by atoms with Gasteiger partial charge in [0.05, 0.1) is 0 Å². The van der Waals surface area contributed by atoms with E-state index >= 15 is 0 Å². The minimum atomic E-state index is -0.803. The summed E-state index contributed by atoms with van der Waals surface area (Å²) in [6.07, 6.45) is 5.18. The predicted molar refractivity (Wildman–Crippen MR) is 110 cm³/mol. The summed E-state index contributed by atoms with van der Waals surface area (Å²) in [6.45, 7) is 8.44. The van der Waals surface area contributed by atoms with Crippen LogP contribution < -0.4 is 11.1 Å². The zero-order valence-electron chi connectivity index (χ0n) is 17.3. The van der Waals surface area contributed by atoms with Gasteiger partial charge in [-0.05, 0) is 55.9 Å². The molecule has 3 N–H and O–H groups in total. The fraction of sp³-hybridized carbons (Fsp3) is 0.850. The van der Waals surface area contributed by atoms with E-state index in [-0.39, 0.29) is 36.2 Å². The van der Waals surface area contributed by atoms with Gasteiger partial charge in [-0.15, -0.1) is 12.4 Å². The van der Waals surface area contributed by atoms with Crippen LogP contribution in [-0.2, 0) is 9.59 Å². The molecule has 0 radical (unpaired) electrons. The number of halogens is 1. The van der Waals surface area contributed by atoms with E-state index in [0.29, 0.717) is 44.3 Å². The van der Waals surface area contributed by atoms with Gasteiger partial charge in [0.25, 0.3) is 5.91 Å². The van der Waals surface area contributed by atoms with Gasteiger partial charge in [0.15, 0.2) is 0 Å². The van der Waals surface area contributed by atoms with Gasteiger partial charge in [0.1, 0.15) is 12.1 Å². The second kappa shape index (κ2) is 8.57. The van der Waals surface area contributed by atoms with Gasteiger partial charge in [-0.2, -0.15) is 0 Å². The molecule has 0 aromatic heterocycles. The van der Waals surface area contributed by atoms with Gasteiger partial charge >= 0.3 is 6.03 Å². The Morgan fingerprint density at radius 1 is 1.25 bits per heavy atom. The number of nitrogens with one attached hydrogen (secondary N) is 1. The number of nitrogens with zero attached hydrogens (tertiary/aromatic N) is 2. The first-order chi connectivity index (χ1) is 12.7.